The van der Waals surface area contributed by atoms with Crippen LogP contribution in [0, 0.1) is 5.92 Å². The number of esters is 2. The van der Waals surface area contributed by atoms with E-state index < -0.39 is 6.10 Å². The summed E-state index contributed by atoms with van der Waals surface area (Å²) < 4.78 is 10.3. The zero-order valence-corrected chi connectivity index (χ0v) is 28.4. The van der Waals surface area contributed by atoms with Crippen LogP contribution < -0.4 is 0 Å². The molecule has 0 saturated heterocycles. The lowest BCUT2D eigenvalue weighted by molar-refractivity contribution is -0.152. The highest BCUT2D eigenvalue weighted by molar-refractivity contribution is 5.69. The maximum Gasteiger partial charge on any atom is 0.305 e. The van der Waals surface area contributed by atoms with Gasteiger partial charge in [-0.1, -0.05) is 175 Å². The highest BCUT2D eigenvalue weighted by Gasteiger charge is 2.12. The Morgan fingerprint density at radius 3 is 1.07 bits per heavy atom. The lowest BCUT2D eigenvalue weighted by Gasteiger charge is -2.12. The number of carbonyl (C=O) groups is 2. The largest absolute Gasteiger partial charge is 0.463 e. The molecular weight excluding hydrogens is 524 g/mol. The second-order valence-corrected chi connectivity index (χ2v) is 13.2. The zero-order chi connectivity index (χ0) is 30.9. The molecule has 0 aromatic heterocycles. The molecule has 1 atom stereocenters. The maximum absolute atomic E-state index is 11.9. The van der Waals surface area contributed by atoms with Crippen LogP contribution in [0.2, 0.25) is 0 Å². The van der Waals surface area contributed by atoms with Gasteiger partial charge in [-0.15, -0.1) is 0 Å². The smallest absolute Gasteiger partial charge is 0.305 e. The van der Waals surface area contributed by atoms with Crippen molar-refractivity contribution < 1.29 is 24.2 Å². The molecule has 0 fully saturated rings. The first-order chi connectivity index (χ1) is 20.5. The van der Waals surface area contributed by atoms with Gasteiger partial charge >= 0.3 is 11.9 Å². The fourth-order valence-corrected chi connectivity index (χ4v) is 5.45. The quantitative estimate of drug-likeness (QED) is 0.0602. The Bertz CT molecular complexity index is 577. The lowest BCUT2D eigenvalue weighted by atomic mass is 10.0. The van der Waals surface area contributed by atoms with E-state index in [0.717, 1.165) is 38.0 Å². The van der Waals surface area contributed by atoms with E-state index in [9.17, 15) is 14.7 Å². The average molecular weight is 597 g/mol. The van der Waals surface area contributed by atoms with Crippen molar-refractivity contribution in [3.63, 3.8) is 0 Å². The first kappa shape index (κ1) is 40.9. The van der Waals surface area contributed by atoms with Gasteiger partial charge < -0.3 is 14.6 Å². The Labute approximate surface area is 261 Å². The van der Waals surface area contributed by atoms with Crippen LogP contribution in [0.15, 0.2) is 0 Å². The van der Waals surface area contributed by atoms with Gasteiger partial charge in [-0.2, -0.15) is 0 Å². The topological polar surface area (TPSA) is 72.8 Å². The van der Waals surface area contributed by atoms with Gasteiger partial charge in [0.2, 0.25) is 0 Å². The van der Waals surface area contributed by atoms with Gasteiger partial charge in [-0.3, -0.25) is 9.59 Å². The van der Waals surface area contributed by atoms with Crippen LogP contribution in [0.3, 0.4) is 0 Å². The molecule has 0 aromatic carbocycles. The number of carbonyl (C=O) groups excluding carboxylic acids is 2. The molecule has 0 aliphatic heterocycles. The summed E-state index contributed by atoms with van der Waals surface area (Å²) in [6, 6.07) is 0. The van der Waals surface area contributed by atoms with Gasteiger partial charge in [-0.05, 0) is 18.8 Å². The van der Waals surface area contributed by atoms with Crippen LogP contribution in [-0.2, 0) is 19.1 Å². The molecule has 0 unspecified atom stereocenters. The number of unbranched alkanes of at least 4 members (excludes halogenated alkanes) is 23. The molecule has 0 bridgehead atoms. The van der Waals surface area contributed by atoms with Crippen molar-refractivity contribution in [2.24, 2.45) is 5.92 Å². The minimum absolute atomic E-state index is 0.109. The summed E-state index contributed by atoms with van der Waals surface area (Å²) in [7, 11) is 0. The van der Waals surface area contributed by atoms with Gasteiger partial charge in [0, 0.05) is 12.8 Å². The van der Waals surface area contributed by atoms with Crippen molar-refractivity contribution in [3.05, 3.63) is 0 Å². The average Bonchev–Trinajstić information content (AvgIpc) is 2.97. The van der Waals surface area contributed by atoms with Crippen LogP contribution in [0.25, 0.3) is 0 Å². The third kappa shape index (κ3) is 33.4. The molecule has 0 aliphatic carbocycles. The highest BCUT2D eigenvalue weighted by Crippen LogP contribution is 2.15. The summed E-state index contributed by atoms with van der Waals surface area (Å²) in [5.74, 6) is 0.302. The van der Waals surface area contributed by atoms with E-state index in [-0.39, 0.29) is 25.2 Å². The Hall–Kier alpha value is -1.10. The van der Waals surface area contributed by atoms with E-state index in [0.29, 0.717) is 12.8 Å². The Morgan fingerprint density at radius 1 is 0.476 bits per heavy atom. The van der Waals surface area contributed by atoms with Crippen molar-refractivity contribution >= 4 is 11.9 Å². The molecule has 42 heavy (non-hydrogen) atoms. The third-order valence-corrected chi connectivity index (χ3v) is 8.27. The Balaban J connectivity index is 3.36. The van der Waals surface area contributed by atoms with Gasteiger partial charge in [0.05, 0.1) is 0 Å². The molecule has 5 nitrogen and oxygen atoms in total. The van der Waals surface area contributed by atoms with Crippen molar-refractivity contribution in [1.29, 1.82) is 0 Å². The van der Waals surface area contributed by atoms with Crippen molar-refractivity contribution in [1.82, 2.24) is 0 Å². The fourth-order valence-electron chi connectivity index (χ4n) is 5.45. The molecule has 250 valence electrons. The minimum Gasteiger partial charge on any atom is -0.463 e. The molecule has 0 rings (SSSR count). The second kappa shape index (κ2) is 32.8. The second-order valence-electron chi connectivity index (χ2n) is 13.2. The van der Waals surface area contributed by atoms with Gasteiger partial charge in [0.1, 0.15) is 19.3 Å². The number of hydrogen-bond acceptors (Lipinski definition) is 5. The number of ether oxygens (including phenoxy) is 2. The van der Waals surface area contributed by atoms with Gasteiger partial charge in [-0.25, -0.2) is 0 Å². The monoisotopic (exact) mass is 597 g/mol. The van der Waals surface area contributed by atoms with Crippen LogP contribution >= 0.6 is 0 Å². The number of aliphatic hydroxyl groups excluding tert-OH is 1. The first-order valence-electron chi connectivity index (χ1n) is 18.4. The molecule has 1 N–H and O–H groups in total. The Morgan fingerprint density at radius 2 is 0.762 bits per heavy atom. The molecular formula is C37H72O5. The summed E-state index contributed by atoms with van der Waals surface area (Å²) >= 11 is 0. The van der Waals surface area contributed by atoms with E-state index in [1.165, 1.54) is 135 Å². The predicted octanol–water partition coefficient (Wildman–Crippen LogP) is 11.0. The van der Waals surface area contributed by atoms with Crippen LogP contribution in [-0.4, -0.2) is 36.4 Å². The molecule has 0 saturated carbocycles. The summed E-state index contributed by atoms with van der Waals surface area (Å²) in [6.07, 6.45) is 33.0. The molecule has 0 aliphatic rings. The minimum atomic E-state index is -0.953. The number of aliphatic hydroxyl groups is 1. The van der Waals surface area contributed by atoms with Crippen molar-refractivity contribution in [2.45, 2.75) is 207 Å². The van der Waals surface area contributed by atoms with Gasteiger partial charge in [0.15, 0.2) is 0 Å². The predicted molar refractivity (Wildman–Crippen MR) is 178 cm³/mol. The van der Waals surface area contributed by atoms with E-state index in [2.05, 4.69) is 20.8 Å². The molecule has 5 heteroatoms. The van der Waals surface area contributed by atoms with E-state index in [4.69, 9.17) is 9.47 Å². The van der Waals surface area contributed by atoms with Crippen LogP contribution in [0.4, 0.5) is 0 Å². The first-order valence-corrected chi connectivity index (χ1v) is 18.4. The fraction of sp³-hybridized carbons (Fsp3) is 0.946. The number of hydrogen-bond donors (Lipinski definition) is 1. The molecule has 0 heterocycles. The molecule has 0 amide bonds. The summed E-state index contributed by atoms with van der Waals surface area (Å²) in [4.78, 5) is 23.8. The van der Waals surface area contributed by atoms with E-state index >= 15 is 0 Å². The van der Waals surface area contributed by atoms with E-state index in [1.54, 1.807) is 0 Å². The normalized spacial score (nSPS) is 12.1. The summed E-state index contributed by atoms with van der Waals surface area (Å²) in [5.41, 5.74) is 0. The SMILES string of the molecule is CCCCCCCCCCCC(=O)OC[C@@H](O)COC(=O)CCCCCCCCCCCCCCCCCCC(C)C. The molecule has 0 radical (unpaired) electrons. The van der Waals surface area contributed by atoms with Crippen LogP contribution in [0.5, 0.6) is 0 Å². The summed E-state index contributed by atoms with van der Waals surface area (Å²) in [5, 5.41) is 9.96. The van der Waals surface area contributed by atoms with E-state index in [1.807, 2.05) is 0 Å². The standard InChI is InChI=1S/C37H72O5/c1-4-5-6-7-8-17-21-24-27-30-36(39)41-32-35(38)33-42-37(40)31-28-25-22-19-16-14-12-10-9-11-13-15-18-20-23-26-29-34(2)3/h34-35,38H,4-33H2,1-3H3/t35-/m1/s1. The lowest BCUT2D eigenvalue weighted by Crippen LogP contribution is -2.25. The third-order valence-electron chi connectivity index (χ3n) is 8.27. The zero-order valence-electron chi connectivity index (χ0n) is 28.4. The summed E-state index contributed by atoms with van der Waals surface area (Å²) in [6.45, 7) is 6.65. The van der Waals surface area contributed by atoms with Gasteiger partial charge in [0.25, 0.3) is 0 Å². The molecule has 0 spiro atoms. The van der Waals surface area contributed by atoms with Crippen molar-refractivity contribution in [3.8, 4) is 0 Å². The molecule has 0 aromatic rings. The number of rotatable bonds is 33. The van der Waals surface area contributed by atoms with Crippen molar-refractivity contribution in [2.75, 3.05) is 13.2 Å². The van der Waals surface area contributed by atoms with Crippen LogP contribution in [0.1, 0.15) is 201 Å². The Kier molecular flexibility index (Phi) is 31.9. The highest BCUT2D eigenvalue weighted by atomic mass is 16.6. The maximum atomic E-state index is 11.9.